The van der Waals surface area contributed by atoms with Crippen LogP contribution in [0.2, 0.25) is 5.02 Å². The van der Waals surface area contributed by atoms with E-state index < -0.39 is 5.69 Å². The molecule has 6 nitrogen and oxygen atoms in total. The summed E-state index contributed by atoms with van der Waals surface area (Å²) in [4.78, 5) is 31.0. The smallest absolute Gasteiger partial charge is 0.329 e. The van der Waals surface area contributed by atoms with E-state index in [9.17, 15) is 9.59 Å². The number of imidazole rings is 1. The molecule has 7 heteroatoms. The van der Waals surface area contributed by atoms with Crippen LogP contribution in [0.15, 0.2) is 58.7 Å². The minimum absolute atomic E-state index is 0.200. The van der Waals surface area contributed by atoms with Gasteiger partial charge in [-0.1, -0.05) is 23.8 Å². The van der Waals surface area contributed by atoms with Gasteiger partial charge in [-0.25, -0.2) is 9.78 Å². The highest BCUT2D eigenvalue weighted by molar-refractivity contribution is 6.31. The molecule has 3 aromatic rings. The first-order valence-electron chi connectivity index (χ1n) is 6.68. The van der Waals surface area contributed by atoms with E-state index in [1.54, 1.807) is 36.8 Å². The third kappa shape index (κ3) is 2.87. The molecule has 0 aliphatic carbocycles. The normalized spacial score (nSPS) is 11.5. The number of nitrogens with zero attached hydrogens (tertiary/aromatic N) is 3. The average molecular weight is 317 g/mol. The van der Waals surface area contributed by atoms with Gasteiger partial charge in [0.1, 0.15) is 0 Å². The van der Waals surface area contributed by atoms with Crippen LogP contribution in [0.25, 0.3) is 10.9 Å². The molecule has 1 aromatic carbocycles. The number of aromatic amines is 1. The van der Waals surface area contributed by atoms with E-state index in [0.717, 1.165) is 4.57 Å². The summed E-state index contributed by atoms with van der Waals surface area (Å²) in [6.45, 7) is 0.831. The Kier molecular flexibility index (Phi) is 3.93. The second kappa shape index (κ2) is 6.03. The minimum atomic E-state index is -0.438. The van der Waals surface area contributed by atoms with Crippen LogP contribution in [-0.4, -0.2) is 19.1 Å². The molecule has 112 valence electrons. The fourth-order valence-electron chi connectivity index (χ4n) is 2.16. The number of H-pyrrole nitrogens is 1. The topological polar surface area (TPSA) is 72.7 Å². The minimum Gasteiger partial charge on any atom is -0.334 e. The number of nitrogens with one attached hydrogen (secondary N) is 1. The standard InChI is InChI=1S/C15H13ClN4O2/c16-11-3-4-13-12(9-11)14(21)20(15(22)18-13)7-2-1-6-19-8-5-17-10-19/h1-5,8-10H,6-7H2,(H,18,22). The highest BCUT2D eigenvalue weighted by atomic mass is 35.5. The summed E-state index contributed by atoms with van der Waals surface area (Å²) >= 11 is 5.90. The van der Waals surface area contributed by atoms with Crippen molar-refractivity contribution in [2.24, 2.45) is 0 Å². The van der Waals surface area contributed by atoms with E-state index in [4.69, 9.17) is 11.6 Å². The van der Waals surface area contributed by atoms with Crippen LogP contribution in [-0.2, 0) is 13.1 Å². The monoisotopic (exact) mass is 316 g/mol. The number of allylic oxidation sites excluding steroid dienone is 2. The lowest BCUT2D eigenvalue weighted by molar-refractivity contribution is 0.721. The van der Waals surface area contributed by atoms with Gasteiger partial charge in [0.15, 0.2) is 0 Å². The first-order chi connectivity index (χ1) is 10.6. The zero-order valence-corrected chi connectivity index (χ0v) is 12.3. The number of fused-ring (bicyclic) bond motifs is 1. The van der Waals surface area contributed by atoms with Gasteiger partial charge in [0.2, 0.25) is 0 Å². The summed E-state index contributed by atoms with van der Waals surface area (Å²) in [5, 5.41) is 0.856. The Labute approximate surface area is 130 Å². The van der Waals surface area contributed by atoms with Gasteiger partial charge in [-0.2, -0.15) is 0 Å². The number of hydrogen-bond acceptors (Lipinski definition) is 3. The van der Waals surface area contributed by atoms with Crippen molar-refractivity contribution in [2.45, 2.75) is 13.1 Å². The molecule has 0 atom stereocenters. The molecule has 0 fully saturated rings. The van der Waals surface area contributed by atoms with Crippen LogP contribution in [0.3, 0.4) is 0 Å². The molecule has 2 heterocycles. The van der Waals surface area contributed by atoms with Crippen molar-refractivity contribution in [3.05, 3.63) is 74.9 Å². The van der Waals surface area contributed by atoms with E-state index in [-0.39, 0.29) is 12.1 Å². The van der Waals surface area contributed by atoms with E-state index in [1.165, 1.54) is 0 Å². The van der Waals surface area contributed by atoms with Crippen LogP contribution in [0, 0.1) is 0 Å². The number of hydrogen-bond donors (Lipinski definition) is 1. The molecule has 3 rings (SSSR count). The maximum absolute atomic E-state index is 12.4. The molecular formula is C15H13ClN4O2. The molecule has 0 amide bonds. The molecule has 2 aromatic heterocycles. The number of benzene rings is 1. The zero-order valence-electron chi connectivity index (χ0n) is 11.6. The van der Waals surface area contributed by atoms with Crippen molar-refractivity contribution in [3.8, 4) is 0 Å². The van der Waals surface area contributed by atoms with Crippen molar-refractivity contribution >= 4 is 22.5 Å². The number of halogens is 1. The quantitative estimate of drug-likeness (QED) is 0.746. The maximum atomic E-state index is 12.4. The molecule has 1 N–H and O–H groups in total. The van der Waals surface area contributed by atoms with Crippen molar-refractivity contribution < 1.29 is 0 Å². The van der Waals surface area contributed by atoms with Gasteiger partial charge in [0.25, 0.3) is 5.56 Å². The molecule has 0 aliphatic rings. The SMILES string of the molecule is O=c1[nH]c2ccc(Cl)cc2c(=O)n1CC=CCn1ccnc1. The van der Waals surface area contributed by atoms with E-state index in [0.29, 0.717) is 22.5 Å². The Morgan fingerprint density at radius 1 is 1.23 bits per heavy atom. The van der Waals surface area contributed by atoms with Crippen LogP contribution < -0.4 is 11.2 Å². The van der Waals surface area contributed by atoms with Crippen LogP contribution in [0.5, 0.6) is 0 Å². The largest absolute Gasteiger partial charge is 0.334 e. The number of rotatable bonds is 4. The zero-order chi connectivity index (χ0) is 15.5. The second-order valence-corrected chi connectivity index (χ2v) is 5.20. The van der Waals surface area contributed by atoms with Gasteiger partial charge in [-0.15, -0.1) is 0 Å². The summed E-state index contributed by atoms with van der Waals surface area (Å²) in [6, 6.07) is 4.81. The van der Waals surface area contributed by atoms with Gasteiger partial charge in [0.05, 0.1) is 17.2 Å². The Morgan fingerprint density at radius 2 is 2.05 bits per heavy atom. The Morgan fingerprint density at radius 3 is 2.82 bits per heavy atom. The predicted octanol–water partition coefficient (Wildman–Crippen LogP) is 1.80. The molecule has 0 aliphatic heterocycles. The summed E-state index contributed by atoms with van der Waals surface area (Å²) in [7, 11) is 0. The van der Waals surface area contributed by atoms with Crippen molar-refractivity contribution in [3.63, 3.8) is 0 Å². The molecule has 0 bridgehead atoms. The van der Waals surface area contributed by atoms with Gasteiger partial charge < -0.3 is 9.55 Å². The summed E-state index contributed by atoms with van der Waals surface area (Å²) in [5.74, 6) is 0. The van der Waals surface area contributed by atoms with Crippen molar-refractivity contribution in [1.29, 1.82) is 0 Å². The fourth-order valence-corrected chi connectivity index (χ4v) is 2.33. The first-order valence-corrected chi connectivity index (χ1v) is 7.06. The Hall–Kier alpha value is -2.60. The molecule has 0 radical (unpaired) electrons. The van der Waals surface area contributed by atoms with Crippen molar-refractivity contribution in [2.75, 3.05) is 0 Å². The molecule has 0 saturated heterocycles. The van der Waals surface area contributed by atoms with E-state index in [1.807, 2.05) is 16.8 Å². The van der Waals surface area contributed by atoms with E-state index >= 15 is 0 Å². The molecule has 0 spiro atoms. The molecule has 0 unspecified atom stereocenters. The van der Waals surface area contributed by atoms with Gasteiger partial charge in [0, 0.05) is 30.5 Å². The number of aromatic nitrogens is 4. The predicted molar refractivity (Wildman–Crippen MR) is 85.2 cm³/mol. The van der Waals surface area contributed by atoms with E-state index in [2.05, 4.69) is 9.97 Å². The van der Waals surface area contributed by atoms with Gasteiger partial charge in [-0.05, 0) is 18.2 Å². The highest BCUT2D eigenvalue weighted by Crippen LogP contribution is 2.13. The third-order valence-electron chi connectivity index (χ3n) is 3.27. The average Bonchev–Trinajstić information content (AvgIpc) is 3.00. The van der Waals surface area contributed by atoms with Gasteiger partial charge in [-0.3, -0.25) is 9.36 Å². The van der Waals surface area contributed by atoms with Gasteiger partial charge >= 0.3 is 5.69 Å². The molecular weight excluding hydrogens is 304 g/mol. The highest BCUT2D eigenvalue weighted by Gasteiger charge is 2.06. The summed E-state index contributed by atoms with van der Waals surface area (Å²) in [6.07, 6.45) is 8.86. The van der Waals surface area contributed by atoms with Crippen LogP contribution in [0.4, 0.5) is 0 Å². The lowest BCUT2D eigenvalue weighted by Crippen LogP contribution is -2.34. The van der Waals surface area contributed by atoms with Crippen LogP contribution >= 0.6 is 11.6 Å². The molecule has 22 heavy (non-hydrogen) atoms. The Bertz CT molecular complexity index is 938. The summed E-state index contributed by atoms with van der Waals surface area (Å²) in [5.41, 5.74) is -0.307. The third-order valence-corrected chi connectivity index (χ3v) is 3.51. The lowest BCUT2D eigenvalue weighted by Gasteiger charge is -2.04. The fraction of sp³-hybridized carbons (Fsp3) is 0.133. The Balaban J connectivity index is 1.88. The lowest BCUT2D eigenvalue weighted by atomic mass is 10.2. The summed E-state index contributed by atoms with van der Waals surface area (Å²) < 4.78 is 3.02. The maximum Gasteiger partial charge on any atom is 0.329 e. The van der Waals surface area contributed by atoms with Crippen molar-refractivity contribution in [1.82, 2.24) is 19.1 Å². The molecule has 0 saturated carbocycles. The second-order valence-electron chi connectivity index (χ2n) is 4.77. The first kappa shape index (κ1) is 14.3. The van der Waals surface area contributed by atoms with Crippen LogP contribution in [0.1, 0.15) is 0 Å².